The molecule has 0 aromatic rings. The van der Waals surface area contributed by atoms with E-state index < -0.39 is 0 Å². The number of carbonyl (C=O) groups is 1. The second-order valence-corrected chi connectivity index (χ2v) is 5.54. The first kappa shape index (κ1) is 15.4. The Labute approximate surface area is 112 Å². The van der Waals surface area contributed by atoms with Gasteiger partial charge in [0.2, 0.25) is 0 Å². The zero-order chi connectivity index (χ0) is 12.3. The molecule has 0 aromatic heterocycles. The van der Waals surface area contributed by atoms with Crippen molar-refractivity contribution < 1.29 is 4.79 Å². The van der Waals surface area contributed by atoms with Gasteiger partial charge < -0.3 is 4.90 Å². The van der Waals surface area contributed by atoms with E-state index in [0.717, 1.165) is 32.5 Å². The second-order valence-electron chi connectivity index (χ2n) is 5.54. The predicted octanol–water partition coefficient (Wildman–Crippen LogP) is 3.53. The van der Waals surface area contributed by atoms with E-state index in [1.54, 1.807) is 0 Å². The lowest BCUT2D eigenvalue weighted by Gasteiger charge is -2.21. The van der Waals surface area contributed by atoms with E-state index in [9.17, 15) is 4.79 Å². The molecule has 2 heteroatoms. The molecule has 2 bridgehead atoms. The molecule has 0 aliphatic heterocycles. The molecule has 0 saturated heterocycles. The number of allylic oxidation sites excluding steroid dienone is 2. The van der Waals surface area contributed by atoms with Gasteiger partial charge in [-0.15, -0.1) is 0 Å². The quantitative estimate of drug-likeness (QED) is 0.645. The molecule has 2 nitrogen and oxygen atoms in total. The molecule has 0 spiro atoms. The van der Waals surface area contributed by atoms with Gasteiger partial charge in [-0.2, -0.15) is 0 Å². The maximum absolute atomic E-state index is 12.2. The summed E-state index contributed by atoms with van der Waals surface area (Å²) in [6, 6.07) is 0. The molecular formula is C16H29NO. The Bertz CT molecular complexity index is 297. The normalized spacial score (nSPS) is 28.7. The summed E-state index contributed by atoms with van der Waals surface area (Å²) in [5.74, 6) is 2.15. The van der Waals surface area contributed by atoms with E-state index in [2.05, 4.69) is 30.9 Å². The van der Waals surface area contributed by atoms with Gasteiger partial charge in [0, 0.05) is 18.9 Å². The fraction of sp³-hybridized carbons (Fsp3) is 0.812. The van der Waals surface area contributed by atoms with Crippen molar-refractivity contribution in [2.75, 3.05) is 19.6 Å². The number of nitrogens with zero attached hydrogens (tertiary/aromatic N) is 1. The Hall–Kier alpha value is -0.630. The van der Waals surface area contributed by atoms with Gasteiger partial charge in [0.15, 0.2) is 0 Å². The zero-order valence-corrected chi connectivity index (χ0v) is 11.2. The van der Waals surface area contributed by atoms with Crippen LogP contribution >= 0.6 is 0 Å². The molecule has 18 heavy (non-hydrogen) atoms. The summed E-state index contributed by atoms with van der Waals surface area (Å²) in [5.41, 5.74) is 0. The number of carbonyl (C=O) groups excluding carboxylic acids is 1. The van der Waals surface area contributed by atoms with Gasteiger partial charge in [0.05, 0.1) is 0 Å². The number of fused-ring (bicyclic) bond motifs is 2. The fourth-order valence-corrected chi connectivity index (χ4v) is 3.35. The van der Waals surface area contributed by atoms with Crippen LogP contribution in [0.1, 0.15) is 47.0 Å². The highest BCUT2D eigenvalue weighted by Gasteiger charge is 2.39. The van der Waals surface area contributed by atoms with Crippen LogP contribution in [-0.2, 0) is 4.79 Å². The summed E-state index contributed by atoms with van der Waals surface area (Å²) in [6.45, 7) is 7.53. The van der Waals surface area contributed by atoms with Crippen LogP contribution in [0.3, 0.4) is 0 Å². The van der Waals surface area contributed by atoms with E-state index in [-0.39, 0.29) is 7.43 Å². The van der Waals surface area contributed by atoms with E-state index in [4.69, 9.17) is 0 Å². The van der Waals surface area contributed by atoms with Crippen molar-refractivity contribution in [3.63, 3.8) is 0 Å². The highest BCUT2D eigenvalue weighted by Crippen LogP contribution is 2.44. The maximum Gasteiger partial charge on any atom is 0.137 e. The molecule has 0 heterocycles. The topological polar surface area (TPSA) is 20.3 Å². The van der Waals surface area contributed by atoms with Crippen molar-refractivity contribution in [2.24, 2.45) is 17.8 Å². The number of hydrogen-bond donors (Lipinski definition) is 0. The maximum atomic E-state index is 12.2. The monoisotopic (exact) mass is 251 g/mol. The van der Waals surface area contributed by atoms with Crippen molar-refractivity contribution in [2.45, 2.75) is 47.0 Å². The Morgan fingerprint density at radius 1 is 1.22 bits per heavy atom. The Morgan fingerprint density at radius 3 is 2.50 bits per heavy atom. The van der Waals surface area contributed by atoms with Crippen molar-refractivity contribution in [1.82, 2.24) is 4.90 Å². The highest BCUT2D eigenvalue weighted by molar-refractivity contribution is 5.82. The Balaban J connectivity index is 0.00000162. The number of rotatable bonds is 7. The molecule has 2 rings (SSSR count). The highest BCUT2D eigenvalue weighted by atomic mass is 16.1. The molecule has 0 amide bonds. The molecule has 1 saturated carbocycles. The number of ketones is 1. The minimum Gasteiger partial charge on any atom is -0.303 e. The van der Waals surface area contributed by atoms with E-state index in [1.807, 2.05) is 0 Å². The molecule has 0 N–H and O–H groups in total. The second kappa shape index (κ2) is 7.08. The van der Waals surface area contributed by atoms with Crippen molar-refractivity contribution >= 4 is 5.78 Å². The van der Waals surface area contributed by atoms with E-state index in [1.165, 1.54) is 12.8 Å². The van der Waals surface area contributed by atoms with Crippen LogP contribution in [0.25, 0.3) is 0 Å². The third-order valence-electron chi connectivity index (χ3n) is 4.35. The third kappa shape index (κ3) is 3.44. The van der Waals surface area contributed by atoms with Gasteiger partial charge in [0.25, 0.3) is 0 Å². The van der Waals surface area contributed by atoms with Crippen LogP contribution in [0.5, 0.6) is 0 Å². The molecule has 2 aliphatic rings. The lowest BCUT2D eigenvalue weighted by molar-refractivity contribution is -0.123. The largest absolute Gasteiger partial charge is 0.303 e. The molecule has 3 atom stereocenters. The minimum absolute atomic E-state index is 0. The van der Waals surface area contributed by atoms with Crippen molar-refractivity contribution in [3.8, 4) is 0 Å². The molecule has 1 fully saturated rings. The minimum atomic E-state index is 0. The van der Waals surface area contributed by atoms with Gasteiger partial charge in [-0.05, 0) is 44.2 Å². The van der Waals surface area contributed by atoms with Crippen LogP contribution < -0.4 is 0 Å². The van der Waals surface area contributed by atoms with Gasteiger partial charge in [-0.3, -0.25) is 4.79 Å². The summed E-state index contributed by atoms with van der Waals surface area (Å²) in [6.07, 6.45) is 8.89. The van der Waals surface area contributed by atoms with Gasteiger partial charge in [-0.25, -0.2) is 0 Å². The zero-order valence-electron chi connectivity index (χ0n) is 11.2. The van der Waals surface area contributed by atoms with Crippen LogP contribution in [0.15, 0.2) is 12.2 Å². The van der Waals surface area contributed by atoms with Crippen LogP contribution in [0.4, 0.5) is 0 Å². The van der Waals surface area contributed by atoms with Crippen LogP contribution in [0, 0.1) is 17.8 Å². The summed E-state index contributed by atoms with van der Waals surface area (Å²) >= 11 is 0. The summed E-state index contributed by atoms with van der Waals surface area (Å²) in [7, 11) is 0. The predicted molar refractivity (Wildman–Crippen MR) is 77.6 cm³/mol. The summed E-state index contributed by atoms with van der Waals surface area (Å²) < 4.78 is 0. The first-order chi connectivity index (χ1) is 8.24. The first-order valence-electron chi connectivity index (χ1n) is 7.18. The van der Waals surface area contributed by atoms with Crippen LogP contribution in [0.2, 0.25) is 0 Å². The standard InChI is InChI=1S/C15H25NO.CH4/c1-3-8-16(4-2)9-7-15(17)14-11-12-5-6-13(14)10-12;/h5-6,12-14H,3-4,7-11H2,1-2H3;1H4. The third-order valence-corrected chi connectivity index (χ3v) is 4.35. The molecule has 0 radical (unpaired) electrons. The van der Waals surface area contributed by atoms with Crippen LogP contribution in [-0.4, -0.2) is 30.3 Å². The number of hydrogen-bond acceptors (Lipinski definition) is 2. The van der Waals surface area contributed by atoms with Crippen molar-refractivity contribution in [3.05, 3.63) is 12.2 Å². The molecule has 104 valence electrons. The average Bonchev–Trinajstić information content (AvgIpc) is 2.96. The average molecular weight is 251 g/mol. The lowest BCUT2D eigenvalue weighted by Crippen LogP contribution is -2.29. The molecular weight excluding hydrogens is 222 g/mol. The van der Waals surface area contributed by atoms with Gasteiger partial charge >= 0.3 is 0 Å². The Kier molecular flexibility index (Phi) is 6.07. The smallest absolute Gasteiger partial charge is 0.137 e. The number of Topliss-reactive ketones (excluding diaryl/α,β-unsaturated/α-hetero) is 1. The van der Waals surface area contributed by atoms with Gasteiger partial charge in [-0.1, -0.05) is 33.4 Å². The lowest BCUT2D eigenvalue weighted by atomic mass is 9.88. The van der Waals surface area contributed by atoms with E-state index in [0.29, 0.717) is 23.5 Å². The SMILES string of the molecule is C.CCCN(CC)CCC(=O)C1CC2C=CC1C2. The fourth-order valence-electron chi connectivity index (χ4n) is 3.35. The first-order valence-corrected chi connectivity index (χ1v) is 7.18. The summed E-state index contributed by atoms with van der Waals surface area (Å²) in [4.78, 5) is 14.6. The molecule has 0 aromatic carbocycles. The van der Waals surface area contributed by atoms with E-state index >= 15 is 0 Å². The van der Waals surface area contributed by atoms with Crippen molar-refractivity contribution in [1.29, 1.82) is 0 Å². The van der Waals surface area contributed by atoms with Gasteiger partial charge in [0.1, 0.15) is 5.78 Å². The molecule has 2 aliphatic carbocycles. The Morgan fingerprint density at radius 2 is 2.00 bits per heavy atom. The molecule has 3 unspecified atom stereocenters. The summed E-state index contributed by atoms with van der Waals surface area (Å²) in [5, 5.41) is 0.